The van der Waals surface area contributed by atoms with Crippen molar-refractivity contribution in [2.24, 2.45) is 5.10 Å². The summed E-state index contributed by atoms with van der Waals surface area (Å²) >= 11 is 9.35. The molecule has 0 aliphatic rings. The summed E-state index contributed by atoms with van der Waals surface area (Å²) < 4.78 is 6.37. The largest absolute Gasteiger partial charge is 0.455 e. The van der Waals surface area contributed by atoms with Crippen LogP contribution in [0.15, 0.2) is 44.3 Å². The third-order valence-electron chi connectivity index (χ3n) is 2.45. The van der Waals surface area contributed by atoms with Crippen molar-refractivity contribution in [3.8, 4) is 17.4 Å². The molecular formula is C14H9BrClN3O2. The van der Waals surface area contributed by atoms with Crippen LogP contribution in [0.25, 0.3) is 11.3 Å². The highest BCUT2D eigenvalue weighted by atomic mass is 79.9. The first-order chi connectivity index (χ1) is 10.1. The number of rotatable bonds is 4. The van der Waals surface area contributed by atoms with E-state index in [0.29, 0.717) is 16.5 Å². The van der Waals surface area contributed by atoms with Crippen molar-refractivity contribution in [2.45, 2.75) is 6.42 Å². The Labute approximate surface area is 134 Å². The van der Waals surface area contributed by atoms with Gasteiger partial charge in [0.05, 0.1) is 17.3 Å². The maximum absolute atomic E-state index is 11.0. The lowest BCUT2D eigenvalue weighted by Gasteiger charge is -1.99. The molecule has 1 heterocycles. The third kappa shape index (κ3) is 4.18. The number of amides is 1. The molecular weight excluding hydrogens is 358 g/mol. The Hall–Kier alpha value is -2.10. The van der Waals surface area contributed by atoms with Crippen molar-refractivity contribution in [1.82, 2.24) is 5.43 Å². The Morgan fingerprint density at radius 1 is 1.48 bits per heavy atom. The summed E-state index contributed by atoms with van der Waals surface area (Å²) in [6.45, 7) is 0. The van der Waals surface area contributed by atoms with Gasteiger partial charge in [0, 0.05) is 10.0 Å². The number of hydrogen-bond donors (Lipinski definition) is 1. The number of carbonyl (C=O) groups is 1. The first-order valence-corrected chi connectivity index (χ1v) is 7.01. The second-order valence-corrected chi connectivity index (χ2v) is 5.22. The molecule has 0 aliphatic heterocycles. The summed E-state index contributed by atoms with van der Waals surface area (Å²) in [6, 6.07) is 10.7. The number of carbonyl (C=O) groups excluding carboxylic acids is 1. The summed E-state index contributed by atoms with van der Waals surface area (Å²) in [5.41, 5.74) is 3.05. The van der Waals surface area contributed by atoms with Gasteiger partial charge >= 0.3 is 0 Å². The van der Waals surface area contributed by atoms with Crippen LogP contribution in [0.2, 0.25) is 5.02 Å². The van der Waals surface area contributed by atoms with Crippen LogP contribution in [0.3, 0.4) is 0 Å². The molecule has 0 saturated heterocycles. The molecule has 21 heavy (non-hydrogen) atoms. The molecule has 7 heteroatoms. The fraction of sp³-hybridized carbons (Fsp3) is 0.0714. The van der Waals surface area contributed by atoms with E-state index in [1.165, 1.54) is 6.21 Å². The van der Waals surface area contributed by atoms with Crippen molar-refractivity contribution in [3.05, 3.63) is 45.6 Å². The van der Waals surface area contributed by atoms with Crippen LogP contribution < -0.4 is 5.43 Å². The lowest BCUT2D eigenvalue weighted by molar-refractivity contribution is -0.120. The standard InChI is InChI=1S/C14H9BrClN3O2/c15-11-3-1-9(7-12(11)16)13-4-2-10(21-13)8-18-19-14(20)5-6-17/h1-4,7-8H,5H2,(H,19,20)/b18-8+. The van der Waals surface area contributed by atoms with Gasteiger partial charge in [0.1, 0.15) is 17.9 Å². The molecule has 0 unspecified atom stereocenters. The maximum atomic E-state index is 11.0. The number of nitriles is 1. The topological polar surface area (TPSA) is 78.4 Å². The van der Waals surface area contributed by atoms with Crippen molar-refractivity contribution >= 4 is 39.7 Å². The van der Waals surface area contributed by atoms with Crippen LogP contribution >= 0.6 is 27.5 Å². The number of benzene rings is 1. The summed E-state index contributed by atoms with van der Waals surface area (Å²) in [4.78, 5) is 11.0. The van der Waals surface area contributed by atoms with Crippen molar-refractivity contribution < 1.29 is 9.21 Å². The molecule has 2 rings (SSSR count). The van der Waals surface area contributed by atoms with Crippen LogP contribution in [-0.4, -0.2) is 12.1 Å². The van der Waals surface area contributed by atoms with E-state index in [2.05, 4.69) is 26.5 Å². The predicted octanol–water partition coefficient (Wildman–Crippen LogP) is 3.73. The molecule has 0 spiro atoms. The molecule has 1 aromatic carbocycles. The van der Waals surface area contributed by atoms with E-state index in [1.54, 1.807) is 24.3 Å². The summed E-state index contributed by atoms with van der Waals surface area (Å²) in [6.07, 6.45) is 1.12. The molecule has 0 aliphatic carbocycles. The second kappa shape index (κ2) is 7.07. The van der Waals surface area contributed by atoms with Gasteiger partial charge in [0.25, 0.3) is 5.91 Å². The Kier molecular flexibility index (Phi) is 5.14. The van der Waals surface area contributed by atoms with Crippen LogP contribution in [0.5, 0.6) is 0 Å². The minimum Gasteiger partial charge on any atom is -0.455 e. The Morgan fingerprint density at radius 3 is 3.00 bits per heavy atom. The van der Waals surface area contributed by atoms with Crippen LogP contribution in [-0.2, 0) is 4.79 Å². The van der Waals surface area contributed by atoms with Crippen LogP contribution in [0.4, 0.5) is 0 Å². The van der Waals surface area contributed by atoms with E-state index in [-0.39, 0.29) is 6.42 Å². The van der Waals surface area contributed by atoms with Crippen molar-refractivity contribution in [3.63, 3.8) is 0 Å². The smallest absolute Gasteiger partial charge is 0.254 e. The van der Waals surface area contributed by atoms with E-state index < -0.39 is 5.91 Å². The van der Waals surface area contributed by atoms with E-state index in [1.807, 2.05) is 12.1 Å². The average molecular weight is 367 g/mol. The molecule has 0 bridgehead atoms. The number of nitrogens with zero attached hydrogens (tertiary/aromatic N) is 2. The lowest BCUT2D eigenvalue weighted by atomic mass is 10.2. The number of furan rings is 1. The van der Waals surface area contributed by atoms with Gasteiger partial charge in [-0.2, -0.15) is 10.4 Å². The minimum atomic E-state index is -0.472. The zero-order chi connectivity index (χ0) is 15.2. The van der Waals surface area contributed by atoms with Gasteiger partial charge in [-0.3, -0.25) is 4.79 Å². The molecule has 2 aromatic rings. The zero-order valence-corrected chi connectivity index (χ0v) is 13.0. The first kappa shape index (κ1) is 15.3. The number of hydrazone groups is 1. The van der Waals surface area contributed by atoms with E-state index in [4.69, 9.17) is 21.3 Å². The number of hydrogen-bond acceptors (Lipinski definition) is 4. The zero-order valence-electron chi connectivity index (χ0n) is 10.6. The number of halogens is 2. The van der Waals surface area contributed by atoms with Gasteiger partial charge < -0.3 is 4.42 Å². The SMILES string of the molecule is N#CCC(=O)N/N=C/c1ccc(-c2ccc(Br)c(Cl)c2)o1. The summed E-state index contributed by atoms with van der Waals surface area (Å²) in [5.74, 6) is 0.635. The van der Waals surface area contributed by atoms with Crippen LogP contribution in [0.1, 0.15) is 12.2 Å². The maximum Gasteiger partial charge on any atom is 0.254 e. The molecule has 1 amide bonds. The fourth-order valence-corrected chi connectivity index (χ4v) is 1.93. The quantitative estimate of drug-likeness (QED) is 0.661. The van der Waals surface area contributed by atoms with Gasteiger partial charge in [-0.1, -0.05) is 17.7 Å². The van der Waals surface area contributed by atoms with E-state index in [0.717, 1.165) is 10.0 Å². The lowest BCUT2D eigenvalue weighted by Crippen LogP contribution is -2.15. The minimum absolute atomic E-state index is 0.238. The van der Waals surface area contributed by atoms with E-state index in [9.17, 15) is 4.79 Å². The number of nitrogens with one attached hydrogen (secondary N) is 1. The van der Waals surface area contributed by atoms with E-state index >= 15 is 0 Å². The van der Waals surface area contributed by atoms with Crippen molar-refractivity contribution in [1.29, 1.82) is 5.26 Å². The molecule has 1 N–H and O–H groups in total. The Balaban J connectivity index is 2.08. The molecule has 1 aromatic heterocycles. The van der Waals surface area contributed by atoms with Gasteiger partial charge in [0.15, 0.2) is 0 Å². The third-order valence-corrected chi connectivity index (χ3v) is 3.68. The monoisotopic (exact) mass is 365 g/mol. The summed E-state index contributed by atoms with van der Waals surface area (Å²) in [5, 5.41) is 12.6. The molecule has 106 valence electrons. The Morgan fingerprint density at radius 2 is 2.29 bits per heavy atom. The highest BCUT2D eigenvalue weighted by molar-refractivity contribution is 9.10. The van der Waals surface area contributed by atoms with Gasteiger partial charge in [-0.05, 0) is 40.2 Å². The molecule has 0 fully saturated rings. The second-order valence-electron chi connectivity index (χ2n) is 3.96. The fourth-order valence-electron chi connectivity index (χ4n) is 1.51. The van der Waals surface area contributed by atoms with Gasteiger partial charge in [0.2, 0.25) is 0 Å². The van der Waals surface area contributed by atoms with Crippen LogP contribution in [0, 0.1) is 11.3 Å². The normalized spacial score (nSPS) is 10.5. The summed E-state index contributed by atoms with van der Waals surface area (Å²) in [7, 11) is 0. The first-order valence-electron chi connectivity index (χ1n) is 5.84. The highest BCUT2D eigenvalue weighted by Crippen LogP contribution is 2.29. The van der Waals surface area contributed by atoms with Crippen molar-refractivity contribution in [2.75, 3.05) is 0 Å². The molecule has 0 radical (unpaired) electrons. The highest BCUT2D eigenvalue weighted by Gasteiger charge is 2.06. The van der Waals surface area contributed by atoms with Gasteiger partial charge in [-0.25, -0.2) is 5.43 Å². The van der Waals surface area contributed by atoms with Gasteiger partial charge in [-0.15, -0.1) is 0 Å². The average Bonchev–Trinajstić information content (AvgIpc) is 2.91. The molecule has 0 atom stereocenters. The predicted molar refractivity (Wildman–Crippen MR) is 82.8 cm³/mol. The molecule has 5 nitrogen and oxygen atoms in total. The Bertz CT molecular complexity index is 734. The molecule has 0 saturated carbocycles.